The molecule has 1 aromatic heterocycles. The molecule has 15 heteroatoms. The molecule has 2 N–H and O–H groups in total. The zero-order valence-electron chi connectivity index (χ0n) is 19.8. The number of aromatic nitrogens is 3. The molecule has 3 aromatic rings. The van der Waals surface area contributed by atoms with Crippen molar-refractivity contribution in [1.29, 1.82) is 0 Å². The number of amides is 1. The fourth-order valence-corrected chi connectivity index (χ4v) is 3.84. The number of hydrogen-bond donors (Lipinski definition) is 2. The van der Waals surface area contributed by atoms with Crippen molar-refractivity contribution in [2.24, 2.45) is 0 Å². The third-order valence-corrected chi connectivity index (χ3v) is 5.93. The number of aliphatic hydroxyl groups is 1. The fraction of sp³-hybridized carbons (Fsp3) is 0.333. The van der Waals surface area contributed by atoms with Crippen molar-refractivity contribution in [3.63, 3.8) is 0 Å². The highest BCUT2D eigenvalue weighted by Gasteiger charge is 2.39. The summed E-state index contributed by atoms with van der Waals surface area (Å²) in [5, 5.41) is 16.2. The van der Waals surface area contributed by atoms with Crippen LogP contribution in [0.25, 0.3) is 11.4 Å². The molecule has 1 amide bonds. The van der Waals surface area contributed by atoms with E-state index in [9.17, 15) is 45.8 Å². The molecule has 210 valence electrons. The minimum atomic E-state index is -5.03. The second-order valence-corrected chi connectivity index (χ2v) is 8.91. The molecule has 0 radical (unpaired) electrons. The van der Waals surface area contributed by atoms with Gasteiger partial charge in [0, 0.05) is 17.0 Å². The normalized spacial score (nSPS) is 13.6. The minimum absolute atomic E-state index is 0.0948. The van der Waals surface area contributed by atoms with Gasteiger partial charge in [-0.3, -0.25) is 14.2 Å². The van der Waals surface area contributed by atoms with Crippen LogP contribution >= 0.6 is 11.6 Å². The lowest BCUT2D eigenvalue weighted by atomic mass is 9.98. The van der Waals surface area contributed by atoms with E-state index in [4.69, 9.17) is 11.6 Å². The van der Waals surface area contributed by atoms with Crippen molar-refractivity contribution >= 4 is 23.8 Å². The van der Waals surface area contributed by atoms with Crippen molar-refractivity contribution in [2.45, 2.75) is 50.4 Å². The number of nitrogens with one attached hydrogen (secondary N) is 1. The van der Waals surface area contributed by atoms with Crippen LogP contribution in [0.3, 0.4) is 0 Å². The quantitative estimate of drug-likeness (QED) is 0.263. The standard InChI is InChI=1S/C24H21ClF6N4O4/c25-17-6-4-14(5-7-17)21-33-35(22(39)34(21)12-20(38)24(29,30)31)11-18(37)8-9-19(32-13-36)15-2-1-3-16(10-15)23(26,27)28/h1-7,10,13,19-20,38H,8-9,11-12H2,(H,32,36)/t19?,20-/m0/s1. The van der Waals surface area contributed by atoms with E-state index in [1.807, 2.05) is 0 Å². The average molecular weight is 579 g/mol. The van der Waals surface area contributed by atoms with Crippen molar-refractivity contribution in [2.75, 3.05) is 0 Å². The minimum Gasteiger partial charge on any atom is -0.382 e. The summed E-state index contributed by atoms with van der Waals surface area (Å²) in [7, 11) is 0. The number of Topliss-reactive ketones (excluding diaryl/α,β-unsaturated/α-hetero) is 1. The Morgan fingerprint density at radius 1 is 1.10 bits per heavy atom. The Morgan fingerprint density at radius 2 is 1.77 bits per heavy atom. The predicted octanol–water partition coefficient (Wildman–Crippen LogP) is 4.14. The van der Waals surface area contributed by atoms with Gasteiger partial charge >= 0.3 is 18.0 Å². The summed E-state index contributed by atoms with van der Waals surface area (Å²) in [4.78, 5) is 36.5. The molecule has 0 aliphatic rings. The van der Waals surface area contributed by atoms with Gasteiger partial charge in [0.2, 0.25) is 6.41 Å². The first kappa shape index (κ1) is 29.9. The fourth-order valence-electron chi connectivity index (χ4n) is 3.71. The van der Waals surface area contributed by atoms with Gasteiger partial charge in [-0.1, -0.05) is 23.7 Å². The van der Waals surface area contributed by atoms with E-state index in [1.54, 1.807) is 0 Å². The molecule has 0 spiro atoms. The molecule has 1 heterocycles. The van der Waals surface area contributed by atoms with Crippen molar-refractivity contribution < 1.29 is 41.0 Å². The van der Waals surface area contributed by atoms with Crippen molar-refractivity contribution in [3.05, 3.63) is 75.2 Å². The highest BCUT2D eigenvalue weighted by molar-refractivity contribution is 6.30. The Morgan fingerprint density at radius 3 is 2.36 bits per heavy atom. The maximum atomic E-state index is 13.1. The molecule has 0 saturated heterocycles. The number of carbonyl (C=O) groups excluding carboxylic acids is 2. The van der Waals surface area contributed by atoms with Crippen LogP contribution in [0, 0.1) is 0 Å². The molecular weight excluding hydrogens is 558 g/mol. The van der Waals surface area contributed by atoms with E-state index in [-0.39, 0.29) is 36.2 Å². The van der Waals surface area contributed by atoms with Crippen LogP contribution in [0.5, 0.6) is 0 Å². The van der Waals surface area contributed by atoms with E-state index in [0.717, 1.165) is 18.2 Å². The van der Waals surface area contributed by atoms with E-state index in [2.05, 4.69) is 10.4 Å². The zero-order chi connectivity index (χ0) is 29.0. The monoisotopic (exact) mass is 578 g/mol. The molecule has 8 nitrogen and oxygen atoms in total. The zero-order valence-corrected chi connectivity index (χ0v) is 20.6. The average Bonchev–Trinajstić information content (AvgIpc) is 3.16. The number of alkyl halides is 6. The lowest BCUT2D eigenvalue weighted by molar-refractivity contribution is -0.207. The van der Waals surface area contributed by atoms with Crippen molar-refractivity contribution in [3.8, 4) is 11.4 Å². The van der Waals surface area contributed by atoms with Crippen LogP contribution < -0.4 is 11.0 Å². The number of rotatable bonds is 11. The Hall–Kier alpha value is -3.65. The van der Waals surface area contributed by atoms with E-state index >= 15 is 0 Å². The first-order valence-corrected chi connectivity index (χ1v) is 11.7. The van der Waals surface area contributed by atoms with E-state index in [1.165, 1.54) is 30.3 Å². The predicted molar refractivity (Wildman–Crippen MR) is 127 cm³/mol. The van der Waals surface area contributed by atoms with Gasteiger partial charge in [0.25, 0.3) is 0 Å². The molecule has 2 aromatic carbocycles. The van der Waals surface area contributed by atoms with Crippen LogP contribution in [0.1, 0.15) is 30.0 Å². The number of halogens is 7. The highest BCUT2D eigenvalue weighted by atomic mass is 35.5. The van der Waals surface area contributed by atoms with Gasteiger partial charge < -0.3 is 10.4 Å². The van der Waals surface area contributed by atoms with Gasteiger partial charge in [-0.15, -0.1) is 5.10 Å². The molecule has 0 aliphatic carbocycles. The summed E-state index contributed by atoms with van der Waals surface area (Å²) in [5.41, 5.74) is -1.76. The molecular formula is C24H21ClF6N4O4. The van der Waals surface area contributed by atoms with E-state index in [0.29, 0.717) is 14.3 Å². The third kappa shape index (κ3) is 7.69. The SMILES string of the molecule is O=CNC(CCC(=O)Cn1nc(-c2ccc(Cl)cc2)n(C[C@H](O)C(F)(F)F)c1=O)c1cccc(C(F)(F)F)c1. The van der Waals surface area contributed by atoms with Crippen LogP contribution in [-0.2, 0) is 28.9 Å². The van der Waals surface area contributed by atoms with Gasteiger partial charge in [0.1, 0.15) is 6.54 Å². The summed E-state index contributed by atoms with van der Waals surface area (Å²) >= 11 is 5.84. The Labute approximate surface area is 221 Å². The van der Waals surface area contributed by atoms with E-state index < -0.39 is 54.6 Å². The number of aliphatic hydroxyl groups excluding tert-OH is 1. The Balaban J connectivity index is 1.83. The van der Waals surface area contributed by atoms with Gasteiger partial charge in [0.05, 0.1) is 18.2 Å². The lowest BCUT2D eigenvalue weighted by Crippen LogP contribution is -2.37. The van der Waals surface area contributed by atoms with Gasteiger partial charge in [-0.25, -0.2) is 9.48 Å². The van der Waals surface area contributed by atoms with Gasteiger partial charge in [0.15, 0.2) is 17.7 Å². The molecule has 0 aliphatic heterocycles. The largest absolute Gasteiger partial charge is 0.416 e. The summed E-state index contributed by atoms with van der Waals surface area (Å²) in [5.74, 6) is -0.886. The number of benzene rings is 2. The summed E-state index contributed by atoms with van der Waals surface area (Å²) < 4.78 is 79.3. The number of nitrogens with zero attached hydrogens (tertiary/aromatic N) is 3. The van der Waals surface area contributed by atoms with Crippen LogP contribution in [0.15, 0.2) is 53.3 Å². The second kappa shape index (κ2) is 12.0. The number of hydrogen-bond acceptors (Lipinski definition) is 5. The lowest BCUT2D eigenvalue weighted by Gasteiger charge is -2.18. The smallest absolute Gasteiger partial charge is 0.382 e. The van der Waals surface area contributed by atoms with Gasteiger partial charge in [-0.05, 0) is 48.4 Å². The topological polar surface area (TPSA) is 106 Å². The maximum absolute atomic E-state index is 13.1. The molecule has 2 atom stereocenters. The highest BCUT2D eigenvalue weighted by Crippen LogP contribution is 2.31. The third-order valence-electron chi connectivity index (χ3n) is 5.68. The van der Waals surface area contributed by atoms with Gasteiger partial charge in [-0.2, -0.15) is 26.3 Å². The molecule has 1 unspecified atom stereocenters. The summed E-state index contributed by atoms with van der Waals surface area (Å²) in [6, 6.07) is 8.81. The summed E-state index contributed by atoms with van der Waals surface area (Å²) in [6.07, 6.45) is -12.7. The second-order valence-electron chi connectivity index (χ2n) is 8.48. The van der Waals surface area contributed by atoms with Crippen molar-refractivity contribution in [1.82, 2.24) is 19.7 Å². The first-order valence-electron chi connectivity index (χ1n) is 11.3. The van der Waals surface area contributed by atoms with Crippen LogP contribution in [0.2, 0.25) is 5.02 Å². The molecule has 0 bridgehead atoms. The maximum Gasteiger partial charge on any atom is 0.416 e. The Bertz CT molecular complexity index is 1370. The summed E-state index contributed by atoms with van der Waals surface area (Å²) in [6.45, 7) is -1.86. The molecule has 0 saturated carbocycles. The Kier molecular flexibility index (Phi) is 9.22. The molecule has 39 heavy (non-hydrogen) atoms. The van der Waals surface area contributed by atoms with Crippen LogP contribution in [-0.4, -0.2) is 43.9 Å². The number of carbonyl (C=O) groups is 2. The van der Waals surface area contributed by atoms with Crippen LogP contribution in [0.4, 0.5) is 26.3 Å². The molecule has 0 fully saturated rings. The first-order chi connectivity index (χ1) is 18.2. The molecule has 3 rings (SSSR count). The number of ketones is 1.